The van der Waals surface area contributed by atoms with Gasteiger partial charge in [-0.3, -0.25) is 4.90 Å². The van der Waals surface area contributed by atoms with Crippen molar-refractivity contribution in [3.63, 3.8) is 0 Å². The highest BCUT2D eigenvalue weighted by atomic mass is 19.1. The highest BCUT2D eigenvalue weighted by Crippen LogP contribution is 2.32. The Morgan fingerprint density at radius 1 is 1.21 bits per heavy atom. The van der Waals surface area contributed by atoms with Gasteiger partial charge in [0.05, 0.1) is 6.54 Å². The third-order valence-corrected chi connectivity index (χ3v) is 5.12. The van der Waals surface area contributed by atoms with E-state index in [0.29, 0.717) is 6.54 Å². The molecule has 1 N–H and O–H groups in total. The summed E-state index contributed by atoms with van der Waals surface area (Å²) in [5.74, 6) is -1.49. The highest BCUT2D eigenvalue weighted by Gasteiger charge is 2.40. The fourth-order valence-electron chi connectivity index (χ4n) is 3.29. The van der Waals surface area contributed by atoms with Crippen LogP contribution >= 0.6 is 0 Å². The molecule has 1 heterocycles. The second kappa shape index (κ2) is 9.07. The summed E-state index contributed by atoms with van der Waals surface area (Å²) >= 11 is 0. The SMILES string of the molecule is C[C@@H](N(C)C/C=C/c1ccccc1)[C@](O)(Cn1cncn1)c1ccc(F)cc1F. The lowest BCUT2D eigenvalue weighted by Crippen LogP contribution is -2.50. The number of nitrogens with zero attached hydrogens (tertiary/aromatic N) is 4. The number of halogens is 2. The molecule has 7 heteroatoms. The molecule has 1 aromatic heterocycles. The van der Waals surface area contributed by atoms with Crippen LogP contribution in [-0.2, 0) is 12.1 Å². The molecular formula is C22H24F2N4O. The number of hydrogen-bond acceptors (Lipinski definition) is 4. The van der Waals surface area contributed by atoms with Gasteiger partial charge in [0.25, 0.3) is 0 Å². The number of hydrogen-bond donors (Lipinski definition) is 1. The number of rotatable bonds is 8. The van der Waals surface area contributed by atoms with Gasteiger partial charge in [0.2, 0.25) is 0 Å². The van der Waals surface area contributed by atoms with Gasteiger partial charge in [-0.1, -0.05) is 48.6 Å². The van der Waals surface area contributed by atoms with Crippen LogP contribution in [0.5, 0.6) is 0 Å². The summed E-state index contributed by atoms with van der Waals surface area (Å²) in [7, 11) is 1.84. The Kier molecular flexibility index (Phi) is 6.51. The molecule has 29 heavy (non-hydrogen) atoms. The standard InChI is InChI=1S/C22H24F2N4O/c1-17(27(2)12-6-9-18-7-4-3-5-8-18)22(29,14-28-16-25-15-26-28)20-11-10-19(23)13-21(20)24/h3-11,13,15-17,29H,12,14H2,1-2H3/b9-6+/t17-,22-/m1/s1. The van der Waals surface area contributed by atoms with E-state index in [2.05, 4.69) is 10.1 Å². The summed E-state index contributed by atoms with van der Waals surface area (Å²) < 4.78 is 29.5. The highest BCUT2D eigenvalue weighted by molar-refractivity contribution is 5.48. The van der Waals surface area contributed by atoms with Crippen LogP contribution in [0.3, 0.4) is 0 Å². The van der Waals surface area contributed by atoms with E-state index in [0.717, 1.165) is 17.7 Å². The first-order valence-electron chi connectivity index (χ1n) is 9.32. The Balaban J connectivity index is 1.85. The van der Waals surface area contributed by atoms with Gasteiger partial charge in [0.15, 0.2) is 0 Å². The molecule has 2 aromatic carbocycles. The second-order valence-corrected chi connectivity index (χ2v) is 7.07. The molecule has 0 amide bonds. The first-order valence-corrected chi connectivity index (χ1v) is 9.32. The van der Waals surface area contributed by atoms with E-state index < -0.39 is 23.3 Å². The van der Waals surface area contributed by atoms with Crippen molar-refractivity contribution in [1.29, 1.82) is 0 Å². The third kappa shape index (κ3) is 4.93. The van der Waals surface area contributed by atoms with Gasteiger partial charge in [-0.2, -0.15) is 5.10 Å². The molecular weight excluding hydrogens is 374 g/mol. The topological polar surface area (TPSA) is 54.2 Å². The monoisotopic (exact) mass is 398 g/mol. The summed E-state index contributed by atoms with van der Waals surface area (Å²) in [5, 5.41) is 15.6. The van der Waals surface area contributed by atoms with Crippen LogP contribution in [0.25, 0.3) is 6.08 Å². The van der Waals surface area contributed by atoms with Gasteiger partial charge in [0, 0.05) is 24.2 Å². The van der Waals surface area contributed by atoms with Crippen LogP contribution in [0.1, 0.15) is 18.1 Å². The molecule has 0 saturated heterocycles. The normalized spacial score (nSPS) is 15.0. The molecule has 0 aliphatic heterocycles. The molecule has 0 radical (unpaired) electrons. The Bertz CT molecular complexity index is 947. The Morgan fingerprint density at radius 2 is 1.97 bits per heavy atom. The first-order chi connectivity index (χ1) is 13.9. The predicted molar refractivity (Wildman–Crippen MR) is 108 cm³/mol. The smallest absolute Gasteiger partial charge is 0.137 e. The first kappa shape index (κ1) is 20.8. The van der Waals surface area contributed by atoms with Gasteiger partial charge >= 0.3 is 0 Å². The third-order valence-electron chi connectivity index (χ3n) is 5.12. The number of aliphatic hydroxyl groups is 1. The van der Waals surface area contributed by atoms with Gasteiger partial charge in [-0.05, 0) is 25.6 Å². The van der Waals surface area contributed by atoms with Crippen molar-refractivity contribution in [3.05, 3.63) is 90.0 Å². The predicted octanol–water partition coefficient (Wildman–Crippen LogP) is 3.48. The molecule has 0 bridgehead atoms. The zero-order chi connectivity index (χ0) is 20.9. The molecule has 3 rings (SSSR count). The lowest BCUT2D eigenvalue weighted by molar-refractivity contribution is -0.0542. The van der Waals surface area contributed by atoms with Crippen LogP contribution in [0.4, 0.5) is 8.78 Å². The van der Waals surface area contributed by atoms with Crippen molar-refractivity contribution in [1.82, 2.24) is 19.7 Å². The fraction of sp³-hybridized carbons (Fsp3) is 0.273. The van der Waals surface area contributed by atoms with Crippen molar-refractivity contribution >= 4 is 6.08 Å². The average molecular weight is 398 g/mol. The number of likely N-dealkylation sites (N-methyl/N-ethyl adjacent to an activating group) is 1. The second-order valence-electron chi connectivity index (χ2n) is 7.07. The van der Waals surface area contributed by atoms with Crippen molar-refractivity contribution in [2.45, 2.75) is 25.1 Å². The Hall–Kier alpha value is -2.90. The van der Waals surface area contributed by atoms with Crippen LogP contribution in [0, 0.1) is 11.6 Å². The van der Waals surface area contributed by atoms with E-state index in [1.165, 1.54) is 23.4 Å². The maximum atomic E-state index is 14.6. The zero-order valence-electron chi connectivity index (χ0n) is 16.4. The quantitative estimate of drug-likeness (QED) is 0.631. The van der Waals surface area contributed by atoms with E-state index in [1.807, 2.05) is 54.4 Å². The minimum absolute atomic E-state index is 0.0146. The minimum Gasteiger partial charge on any atom is -0.381 e. The maximum Gasteiger partial charge on any atom is 0.137 e. The fourth-order valence-corrected chi connectivity index (χ4v) is 3.29. The van der Waals surface area contributed by atoms with Crippen LogP contribution in [-0.4, -0.2) is 44.4 Å². The molecule has 3 aromatic rings. The van der Waals surface area contributed by atoms with Crippen LogP contribution < -0.4 is 0 Å². The molecule has 5 nitrogen and oxygen atoms in total. The lowest BCUT2D eigenvalue weighted by atomic mass is 9.85. The molecule has 0 fully saturated rings. The summed E-state index contributed by atoms with van der Waals surface area (Å²) in [6.07, 6.45) is 6.76. The van der Waals surface area contributed by atoms with E-state index in [-0.39, 0.29) is 12.1 Å². The molecule has 0 aliphatic rings. The van der Waals surface area contributed by atoms with Crippen LogP contribution in [0.15, 0.2) is 67.3 Å². The largest absolute Gasteiger partial charge is 0.381 e. The average Bonchev–Trinajstić information content (AvgIpc) is 3.20. The van der Waals surface area contributed by atoms with Crippen LogP contribution in [0.2, 0.25) is 0 Å². The van der Waals surface area contributed by atoms with Gasteiger partial charge in [-0.15, -0.1) is 0 Å². The molecule has 2 atom stereocenters. The van der Waals surface area contributed by atoms with Gasteiger partial charge < -0.3 is 5.11 Å². The number of benzene rings is 2. The van der Waals surface area contributed by atoms with Crippen molar-refractivity contribution in [3.8, 4) is 0 Å². The van der Waals surface area contributed by atoms with E-state index in [1.54, 1.807) is 6.92 Å². The van der Waals surface area contributed by atoms with Gasteiger partial charge in [-0.25, -0.2) is 18.4 Å². The molecule has 152 valence electrons. The van der Waals surface area contributed by atoms with Crippen molar-refractivity contribution in [2.24, 2.45) is 0 Å². The zero-order valence-corrected chi connectivity index (χ0v) is 16.4. The number of aromatic nitrogens is 3. The molecule has 0 aliphatic carbocycles. The van der Waals surface area contributed by atoms with E-state index in [9.17, 15) is 13.9 Å². The van der Waals surface area contributed by atoms with E-state index >= 15 is 0 Å². The van der Waals surface area contributed by atoms with Crippen molar-refractivity contribution < 1.29 is 13.9 Å². The summed E-state index contributed by atoms with van der Waals surface area (Å²) in [4.78, 5) is 5.79. The van der Waals surface area contributed by atoms with Gasteiger partial charge in [0.1, 0.15) is 29.9 Å². The van der Waals surface area contributed by atoms with E-state index in [4.69, 9.17) is 0 Å². The summed E-state index contributed by atoms with van der Waals surface area (Å²) in [6, 6.07) is 12.6. The Labute approximate surface area is 168 Å². The summed E-state index contributed by atoms with van der Waals surface area (Å²) in [6.45, 7) is 2.30. The minimum atomic E-state index is -1.65. The molecule has 0 unspecified atom stereocenters. The molecule has 0 saturated carbocycles. The molecule has 0 spiro atoms. The lowest BCUT2D eigenvalue weighted by Gasteiger charge is -2.39. The Morgan fingerprint density at radius 3 is 2.62 bits per heavy atom. The maximum absolute atomic E-state index is 14.6. The van der Waals surface area contributed by atoms with Crippen molar-refractivity contribution in [2.75, 3.05) is 13.6 Å². The summed E-state index contributed by atoms with van der Waals surface area (Å²) in [5.41, 5.74) is -0.572.